The van der Waals surface area contributed by atoms with Gasteiger partial charge in [0.2, 0.25) is 0 Å². The molecule has 0 saturated heterocycles. The van der Waals surface area contributed by atoms with E-state index in [0.717, 1.165) is 77.0 Å². The molecule has 0 aliphatic heterocycles. The van der Waals surface area contributed by atoms with E-state index in [9.17, 15) is 14.4 Å². The third-order valence-corrected chi connectivity index (χ3v) is 11.9. The summed E-state index contributed by atoms with van der Waals surface area (Å²) >= 11 is 0. The molecule has 0 aliphatic carbocycles. The molecule has 0 bridgehead atoms. The van der Waals surface area contributed by atoms with Crippen molar-refractivity contribution in [2.24, 2.45) is 0 Å². The van der Waals surface area contributed by atoms with Crippen LogP contribution in [0.5, 0.6) is 0 Å². The SMILES string of the molecule is CCCCC/C=C\C/C=C\C/C=C\C/C=C\C/C=C\CCC(=O)OC[C@H](COC(=O)CCCC/C=C\C/C=C\C/C=C\CCCCC)OC(=O)CCCCCCCCCCC/C=C\C/C=C\CCCCC. The number of unbranched alkanes of at least 4 members (excludes halogenated alkanes) is 20. The van der Waals surface area contributed by atoms with Gasteiger partial charge >= 0.3 is 17.9 Å². The zero-order valence-electron chi connectivity index (χ0n) is 45.9. The van der Waals surface area contributed by atoms with Crippen molar-refractivity contribution in [3.63, 3.8) is 0 Å². The molecule has 0 amide bonds. The maximum absolute atomic E-state index is 12.9. The van der Waals surface area contributed by atoms with Crippen molar-refractivity contribution in [2.45, 2.75) is 258 Å². The Morgan fingerprint density at radius 3 is 0.901 bits per heavy atom. The molecule has 1 atom stereocenters. The molecule has 0 aromatic heterocycles. The van der Waals surface area contributed by atoms with E-state index in [0.29, 0.717) is 25.7 Å². The maximum Gasteiger partial charge on any atom is 0.306 e. The predicted molar refractivity (Wildman–Crippen MR) is 306 cm³/mol. The number of carbonyl (C=O) groups is 3. The highest BCUT2D eigenvalue weighted by Crippen LogP contribution is 2.14. The Kier molecular flexibility index (Phi) is 54.9. The van der Waals surface area contributed by atoms with Crippen molar-refractivity contribution in [2.75, 3.05) is 13.2 Å². The summed E-state index contributed by atoms with van der Waals surface area (Å²) in [5.41, 5.74) is 0. The molecule has 0 radical (unpaired) electrons. The maximum atomic E-state index is 12.9. The Morgan fingerprint density at radius 2 is 0.535 bits per heavy atom. The molecule has 0 aromatic carbocycles. The second-order valence-electron chi connectivity index (χ2n) is 18.8. The van der Waals surface area contributed by atoms with Crippen molar-refractivity contribution >= 4 is 17.9 Å². The second kappa shape index (κ2) is 58.4. The molecule has 0 spiro atoms. The summed E-state index contributed by atoms with van der Waals surface area (Å²) in [6, 6.07) is 0. The summed E-state index contributed by atoms with van der Waals surface area (Å²) in [6.07, 6.45) is 80.5. The molecular formula is C65H106O6. The number of rotatable bonds is 51. The minimum atomic E-state index is -0.830. The van der Waals surface area contributed by atoms with Crippen LogP contribution in [-0.2, 0) is 28.6 Å². The summed E-state index contributed by atoms with van der Waals surface area (Å²) < 4.78 is 16.8. The van der Waals surface area contributed by atoms with Gasteiger partial charge in [-0.15, -0.1) is 0 Å². The number of hydrogen-bond donors (Lipinski definition) is 0. The second-order valence-corrected chi connectivity index (χ2v) is 18.8. The molecule has 71 heavy (non-hydrogen) atoms. The lowest BCUT2D eigenvalue weighted by molar-refractivity contribution is -0.166. The summed E-state index contributed by atoms with van der Waals surface area (Å²) in [4.78, 5) is 38.1. The first-order valence-electron chi connectivity index (χ1n) is 29.0. The van der Waals surface area contributed by atoms with Crippen LogP contribution < -0.4 is 0 Å². The lowest BCUT2D eigenvalue weighted by Crippen LogP contribution is -2.30. The van der Waals surface area contributed by atoms with Crippen LogP contribution in [0.1, 0.15) is 252 Å². The number of ether oxygens (including phenoxy) is 3. The van der Waals surface area contributed by atoms with E-state index in [4.69, 9.17) is 14.2 Å². The molecule has 6 nitrogen and oxygen atoms in total. The van der Waals surface area contributed by atoms with Crippen molar-refractivity contribution in [3.05, 3.63) is 122 Å². The van der Waals surface area contributed by atoms with Crippen LogP contribution >= 0.6 is 0 Å². The van der Waals surface area contributed by atoms with Gasteiger partial charge in [-0.2, -0.15) is 0 Å². The fraction of sp³-hybridized carbons (Fsp3) is 0.646. The molecule has 0 unspecified atom stereocenters. The average molecular weight is 984 g/mol. The number of hydrogen-bond acceptors (Lipinski definition) is 6. The monoisotopic (exact) mass is 983 g/mol. The molecule has 402 valence electrons. The smallest absolute Gasteiger partial charge is 0.306 e. The normalized spacial score (nSPS) is 13.0. The molecule has 0 N–H and O–H groups in total. The zero-order valence-corrected chi connectivity index (χ0v) is 45.9. The molecule has 0 saturated carbocycles. The summed E-state index contributed by atoms with van der Waals surface area (Å²) in [5.74, 6) is -1.05. The highest BCUT2D eigenvalue weighted by atomic mass is 16.6. The van der Waals surface area contributed by atoms with E-state index in [1.165, 1.54) is 122 Å². The molecule has 6 heteroatoms. The molecule has 0 fully saturated rings. The molecule has 0 aliphatic rings. The van der Waals surface area contributed by atoms with Crippen LogP contribution in [0.3, 0.4) is 0 Å². The third kappa shape index (κ3) is 56.6. The van der Waals surface area contributed by atoms with Crippen LogP contribution in [0.2, 0.25) is 0 Å². The van der Waals surface area contributed by atoms with Gasteiger partial charge < -0.3 is 14.2 Å². The first-order chi connectivity index (χ1) is 35.0. The quantitative estimate of drug-likeness (QED) is 0.0261. The van der Waals surface area contributed by atoms with Crippen molar-refractivity contribution in [1.82, 2.24) is 0 Å². The number of allylic oxidation sites excluding steroid dienone is 20. The fourth-order valence-electron chi connectivity index (χ4n) is 7.52. The van der Waals surface area contributed by atoms with E-state index in [2.05, 4.69) is 136 Å². The van der Waals surface area contributed by atoms with Crippen LogP contribution in [0, 0.1) is 0 Å². The van der Waals surface area contributed by atoms with Crippen molar-refractivity contribution in [1.29, 1.82) is 0 Å². The largest absolute Gasteiger partial charge is 0.462 e. The summed E-state index contributed by atoms with van der Waals surface area (Å²) in [6.45, 7) is 6.45. The van der Waals surface area contributed by atoms with Gasteiger partial charge in [0, 0.05) is 19.3 Å². The molecule has 0 rings (SSSR count). The third-order valence-electron chi connectivity index (χ3n) is 11.9. The van der Waals surface area contributed by atoms with Crippen LogP contribution in [0.25, 0.3) is 0 Å². The minimum absolute atomic E-state index is 0.125. The van der Waals surface area contributed by atoms with Crippen LogP contribution in [0.15, 0.2) is 122 Å². The van der Waals surface area contributed by atoms with E-state index >= 15 is 0 Å². The first-order valence-corrected chi connectivity index (χ1v) is 29.0. The Balaban J connectivity index is 4.56. The summed E-state index contributed by atoms with van der Waals surface area (Å²) in [5, 5.41) is 0. The molecule has 0 heterocycles. The first kappa shape index (κ1) is 66.8. The van der Waals surface area contributed by atoms with Gasteiger partial charge in [-0.3, -0.25) is 14.4 Å². The molecular weight excluding hydrogens is 877 g/mol. The lowest BCUT2D eigenvalue weighted by atomic mass is 10.1. The van der Waals surface area contributed by atoms with E-state index in [1.54, 1.807) is 0 Å². The standard InChI is InChI=1S/C65H106O6/c1-4-7-10-13-16-19-22-25-28-30-32-34-37-40-43-46-49-52-55-58-64(67)70-61-62(60-69-63(66)57-54-51-48-45-42-39-36-27-24-21-18-15-12-9-6-3)71-65(68)59-56-53-50-47-44-41-38-35-33-31-29-26-23-20-17-14-11-8-5-2/h16-21,25-29,32,34,36,40,42-43,45,49,52,62H,4-15,22-24,30-31,33,35,37-39,41,44,46-48,50-51,53-61H2,1-3H3/b19-16-,20-17-,21-18-,28-25-,29-26-,34-32-,36-27-,43-40-,45-42-,52-49-/t62-/m0/s1. The average Bonchev–Trinajstić information content (AvgIpc) is 3.37. The summed E-state index contributed by atoms with van der Waals surface area (Å²) in [7, 11) is 0. The number of carbonyl (C=O) groups excluding carboxylic acids is 3. The molecule has 0 aromatic rings. The van der Waals surface area contributed by atoms with Gasteiger partial charge in [0.15, 0.2) is 6.10 Å². The Bertz CT molecular complexity index is 1500. The number of esters is 3. The van der Waals surface area contributed by atoms with E-state index < -0.39 is 6.10 Å². The highest BCUT2D eigenvalue weighted by molar-refractivity contribution is 5.71. The van der Waals surface area contributed by atoms with Crippen LogP contribution in [0.4, 0.5) is 0 Å². The van der Waals surface area contributed by atoms with Gasteiger partial charge in [-0.1, -0.05) is 226 Å². The van der Waals surface area contributed by atoms with Gasteiger partial charge in [0.1, 0.15) is 13.2 Å². The topological polar surface area (TPSA) is 78.9 Å². The Hall–Kier alpha value is -4.19. The lowest BCUT2D eigenvalue weighted by Gasteiger charge is -2.18. The zero-order chi connectivity index (χ0) is 51.4. The van der Waals surface area contributed by atoms with Gasteiger partial charge in [0.05, 0.1) is 0 Å². The minimum Gasteiger partial charge on any atom is -0.462 e. The van der Waals surface area contributed by atoms with Gasteiger partial charge in [-0.05, 0) is 128 Å². The van der Waals surface area contributed by atoms with Crippen LogP contribution in [-0.4, -0.2) is 37.2 Å². The van der Waals surface area contributed by atoms with Crippen molar-refractivity contribution < 1.29 is 28.6 Å². The van der Waals surface area contributed by atoms with Gasteiger partial charge in [-0.25, -0.2) is 0 Å². The predicted octanol–water partition coefficient (Wildman–Crippen LogP) is 19.6. The highest BCUT2D eigenvalue weighted by Gasteiger charge is 2.19. The van der Waals surface area contributed by atoms with E-state index in [1.807, 2.05) is 6.08 Å². The van der Waals surface area contributed by atoms with Gasteiger partial charge in [0.25, 0.3) is 0 Å². The Labute approximate surface area is 437 Å². The Morgan fingerprint density at radius 1 is 0.282 bits per heavy atom. The van der Waals surface area contributed by atoms with E-state index in [-0.39, 0.29) is 37.5 Å². The fourth-order valence-corrected chi connectivity index (χ4v) is 7.52. The van der Waals surface area contributed by atoms with Crippen molar-refractivity contribution in [3.8, 4) is 0 Å².